The zero-order valence-corrected chi connectivity index (χ0v) is 12.5. The highest BCUT2D eigenvalue weighted by Gasteiger charge is 2.13. The van der Waals surface area contributed by atoms with E-state index in [0.29, 0.717) is 0 Å². The summed E-state index contributed by atoms with van der Waals surface area (Å²) in [4.78, 5) is 2.77. The molecule has 3 heteroatoms. The Bertz CT molecular complexity index is 517. The normalized spacial score (nSPS) is 16.4. The lowest BCUT2D eigenvalue weighted by molar-refractivity contribution is 0.0662. The molecule has 2 aromatic rings. The summed E-state index contributed by atoms with van der Waals surface area (Å²) in [5.74, 6) is 0.789. The summed E-state index contributed by atoms with van der Waals surface area (Å²) in [6, 6.07) is 15.1. The molecule has 20 heavy (non-hydrogen) atoms. The van der Waals surface area contributed by atoms with Gasteiger partial charge in [-0.05, 0) is 43.0 Å². The Morgan fingerprint density at radius 1 is 1.05 bits per heavy atom. The van der Waals surface area contributed by atoms with Crippen LogP contribution in [0.4, 0.5) is 0 Å². The van der Waals surface area contributed by atoms with Gasteiger partial charge in [0.25, 0.3) is 0 Å². The van der Waals surface area contributed by atoms with Crippen LogP contribution in [0.3, 0.4) is 0 Å². The van der Waals surface area contributed by atoms with Crippen molar-refractivity contribution in [2.24, 2.45) is 5.92 Å². The zero-order chi connectivity index (χ0) is 13.6. The molecule has 0 saturated carbocycles. The first-order valence-corrected chi connectivity index (χ1v) is 8.16. The van der Waals surface area contributed by atoms with Crippen molar-refractivity contribution in [3.8, 4) is 10.4 Å². The molecule has 106 valence electrons. The van der Waals surface area contributed by atoms with Crippen LogP contribution in [0.25, 0.3) is 10.4 Å². The smallest absolute Gasteiger partial charge is 0.0469 e. The number of benzene rings is 1. The van der Waals surface area contributed by atoms with E-state index in [4.69, 9.17) is 4.74 Å². The van der Waals surface area contributed by atoms with Gasteiger partial charge in [-0.2, -0.15) is 0 Å². The minimum Gasteiger partial charge on any atom is -0.381 e. The molecule has 1 fully saturated rings. The van der Waals surface area contributed by atoms with Crippen LogP contribution in [0, 0.1) is 5.92 Å². The maximum absolute atomic E-state index is 5.39. The van der Waals surface area contributed by atoms with Crippen LogP contribution in [0.1, 0.15) is 17.7 Å². The molecule has 1 N–H and O–H groups in total. The topological polar surface area (TPSA) is 21.3 Å². The fourth-order valence-electron chi connectivity index (χ4n) is 2.58. The van der Waals surface area contributed by atoms with Crippen LogP contribution in [0.5, 0.6) is 0 Å². The number of ether oxygens (including phenoxy) is 1. The van der Waals surface area contributed by atoms with Gasteiger partial charge in [-0.25, -0.2) is 0 Å². The molecule has 0 bridgehead atoms. The number of hydrogen-bond acceptors (Lipinski definition) is 3. The van der Waals surface area contributed by atoms with Crippen molar-refractivity contribution in [3.05, 3.63) is 47.3 Å². The van der Waals surface area contributed by atoms with E-state index >= 15 is 0 Å². The van der Waals surface area contributed by atoms with E-state index in [1.54, 1.807) is 0 Å². The Labute approximate surface area is 124 Å². The number of hydrogen-bond donors (Lipinski definition) is 1. The summed E-state index contributed by atoms with van der Waals surface area (Å²) in [6.45, 7) is 3.96. The first kappa shape index (κ1) is 13.8. The second-order valence-corrected chi connectivity index (χ2v) is 6.49. The van der Waals surface area contributed by atoms with Crippen LogP contribution >= 0.6 is 11.3 Å². The molecular weight excluding hydrogens is 266 g/mol. The second-order valence-electron chi connectivity index (χ2n) is 5.32. The quantitative estimate of drug-likeness (QED) is 0.899. The molecule has 0 unspecified atom stereocenters. The third kappa shape index (κ3) is 3.69. The highest BCUT2D eigenvalue weighted by atomic mass is 32.1. The average Bonchev–Trinajstić information content (AvgIpc) is 2.98. The zero-order valence-electron chi connectivity index (χ0n) is 11.7. The Balaban J connectivity index is 1.50. The molecule has 0 amide bonds. The average molecular weight is 287 g/mol. The number of thiophene rings is 1. The van der Waals surface area contributed by atoms with Gasteiger partial charge in [-0.15, -0.1) is 11.3 Å². The lowest BCUT2D eigenvalue weighted by atomic mass is 10.0. The van der Waals surface area contributed by atoms with Gasteiger partial charge in [0.2, 0.25) is 0 Å². The first-order chi connectivity index (χ1) is 9.92. The fraction of sp³-hybridized carbons (Fsp3) is 0.412. The van der Waals surface area contributed by atoms with Crippen molar-refractivity contribution in [3.63, 3.8) is 0 Å². The van der Waals surface area contributed by atoms with Gasteiger partial charge in [0, 0.05) is 29.5 Å². The van der Waals surface area contributed by atoms with Gasteiger partial charge in [-0.3, -0.25) is 0 Å². The lowest BCUT2D eigenvalue weighted by Crippen LogP contribution is -2.27. The third-order valence-electron chi connectivity index (χ3n) is 3.79. The van der Waals surface area contributed by atoms with E-state index in [-0.39, 0.29) is 0 Å². The van der Waals surface area contributed by atoms with E-state index in [2.05, 4.69) is 47.8 Å². The van der Waals surface area contributed by atoms with Gasteiger partial charge in [0.15, 0.2) is 0 Å². The lowest BCUT2D eigenvalue weighted by Gasteiger charge is -2.22. The molecule has 2 heterocycles. The van der Waals surface area contributed by atoms with Crippen LogP contribution in [-0.4, -0.2) is 19.8 Å². The summed E-state index contributed by atoms with van der Waals surface area (Å²) in [5.41, 5.74) is 1.31. The summed E-state index contributed by atoms with van der Waals surface area (Å²) in [5, 5.41) is 3.59. The second kappa shape index (κ2) is 7.02. The molecule has 3 rings (SSSR count). The van der Waals surface area contributed by atoms with Crippen molar-refractivity contribution >= 4 is 11.3 Å². The monoisotopic (exact) mass is 287 g/mol. The molecule has 1 saturated heterocycles. The van der Waals surface area contributed by atoms with E-state index in [1.165, 1.54) is 28.2 Å². The summed E-state index contributed by atoms with van der Waals surface area (Å²) >= 11 is 1.89. The van der Waals surface area contributed by atoms with Crippen LogP contribution in [0.15, 0.2) is 42.5 Å². The standard InChI is InChI=1S/C17H21NOS/c1-2-4-15(5-3-1)17-7-6-16(20-17)13-18-12-14-8-10-19-11-9-14/h1-7,14,18H,8-13H2. The van der Waals surface area contributed by atoms with Crippen molar-refractivity contribution in [1.29, 1.82) is 0 Å². The molecule has 2 nitrogen and oxygen atoms in total. The molecule has 0 atom stereocenters. The van der Waals surface area contributed by atoms with Gasteiger partial charge >= 0.3 is 0 Å². The molecule has 1 aromatic heterocycles. The molecule has 1 aromatic carbocycles. The van der Waals surface area contributed by atoms with Crippen molar-refractivity contribution in [1.82, 2.24) is 5.32 Å². The Hall–Kier alpha value is -1.16. The summed E-state index contributed by atoms with van der Waals surface area (Å²) in [7, 11) is 0. The Morgan fingerprint density at radius 2 is 1.85 bits per heavy atom. The van der Waals surface area contributed by atoms with Gasteiger partial charge in [0.1, 0.15) is 0 Å². The highest BCUT2D eigenvalue weighted by molar-refractivity contribution is 7.15. The predicted octanol–water partition coefficient (Wildman–Crippen LogP) is 3.93. The number of rotatable bonds is 5. The van der Waals surface area contributed by atoms with E-state index < -0.39 is 0 Å². The molecular formula is C17H21NOS. The minimum atomic E-state index is 0.789. The van der Waals surface area contributed by atoms with E-state index in [1.807, 2.05) is 11.3 Å². The number of nitrogens with one attached hydrogen (secondary N) is 1. The maximum atomic E-state index is 5.39. The molecule has 1 aliphatic heterocycles. The largest absolute Gasteiger partial charge is 0.381 e. The molecule has 0 radical (unpaired) electrons. The first-order valence-electron chi connectivity index (χ1n) is 7.34. The van der Waals surface area contributed by atoms with E-state index in [9.17, 15) is 0 Å². The van der Waals surface area contributed by atoms with Crippen molar-refractivity contribution < 1.29 is 4.74 Å². The van der Waals surface area contributed by atoms with Crippen LogP contribution < -0.4 is 5.32 Å². The summed E-state index contributed by atoms with van der Waals surface area (Å²) < 4.78 is 5.39. The fourth-order valence-corrected chi connectivity index (χ4v) is 3.56. The van der Waals surface area contributed by atoms with Crippen LogP contribution in [-0.2, 0) is 11.3 Å². The van der Waals surface area contributed by atoms with E-state index in [0.717, 1.165) is 32.2 Å². The van der Waals surface area contributed by atoms with Gasteiger partial charge in [0.05, 0.1) is 0 Å². The molecule has 0 aliphatic carbocycles. The molecule has 0 spiro atoms. The Kier molecular flexibility index (Phi) is 4.85. The van der Waals surface area contributed by atoms with Gasteiger partial charge in [-0.1, -0.05) is 30.3 Å². The maximum Gasteiger partial charge on any atom is 0.0469 e. The van der Waals surface area contributed by atoms with Crippen LogP contribution in [0.2, 0.25) is 0 Å². The Morgan fingerprint density at radius 3 is 2.65 bits per heavy atom. The SMILES string of the molecule is c1ccc(-c2ccc(CNCC3CCOCC3)s2)cc1. The third-order valence-corrected chi connectivity index (χ3v) is 4.93. The van der Waals surface area contributed by atoms with Crippen molar-refractivity contribution in [2.75, 3.05) is 19.8 Å². The molecule has 1 aliphatic rings. The minimum absolute atomic E-state index is 0.789. The highest BCUT2D eigenvalue weighted by Crippen LogP contribution is 2.27. The van der Waals surface area contributed by atoms with Crippen molar-refractivity contribution in [2.45, 2.75) is 19.4 Å². The van der Waals surface area contributed by atoms with Gasteiger partial charge < -0.3 is 10.1 Å². The predicted molar refractivity (Wildman–Crippen MR) is 85.0 cm³/mol. The summed E-state index contributed by atoms with van der Waals surface area (Å²) in [6.07, 6.45) is 2.40.